The molecule has 1 aromatic heterocycles. The molecule has 100 valence electrons. The topological polar surface area (TPSA) is 20.3 Å². The minimum absolute atomic E-state index is 0.0263. The Labute approximate surface area is 116 Å². The van der Waals surface area contributed by atoms with Crippen LogP contribution in [0.5, 0.6) is 0 Å². The van der Waals surface area contributed by atoms with Gasteiger partial charge in [-0.25, -0.2) is 4.39 Å². The summed E-state index contributed by atoms with van der Waals surface area (Å²) in [6.45, 7) is 3.98. The first-order valence-electron chi connectivity index (χ1n) is 6.22. The van der Waals surface area contributed by atoms with Crippen molar-refractivity contribution in [2.24, 2.45) is 0 Å². The fourth-order valence-electron chi connectivity index (χ4n) is 1.83. The average Bonchev–Trinajstić information content (AvgIpc) is 2.91. The van der Waals surface area contributed by atoms with Crippen molar-refractivity contribution in [2.75, 3.05) is 13.1 Å². The molecule has 1 aromatic carbocycles. The second-order valence-corrected chi connectivity index (χ2v) is 5.34. The molecule has 0 amide bonds. The molecule has 2 nitrogen and oxygen atoms in total. The van der Waals surface area contributed by atoms with E-state index in [4.69, 9.17) is 0 Å². The van der Waals surface area contributed by atoms with E-state index in [2.05, 4.69) is 11.0 Å². The standard InChI is InChI=1S/C15H16FNOS/c1-2-17(10-14-4-3-9-19-14)11-15(18)12-5-7-13(16)8-6-12/h3-9H,2,10-11H2,1H3. The summed E-state index contributed by atoms with van der Waals surface area (Å²) < 4.78 is 12.8. The van der Waals surface area contributed by atoms with Crippen LogP contribution >= 0.6 is 11.3 Å². The smallest absolute Gasteiger partial charge is 0.176 e. The Bertz CT molecular complexity index is 522. The van der Waals surface area contributed by atoms with Crippen molar-refractivity contribution in [3.8, 4) is 0 Å². The van der Waals surface area contributed by atoms with Crippen molar-refractivity contribution in [3.63, 3.8) is 0 Å². The van der Waals surface area contributed by atoms with Crippen molar-refractivity contribution in [2.45, 2.75) is 13.5 Å². The normalized spacial score (nSPS) is 10.9. The summed E-state index contributed by atoms with van der Waals surface area (Å²) in [5.41, 5.74) is 0.561. The van der Waals surface area contributed by atoms with Crippen LogP contribution in [-0.2, 0) is 6.54 Å². The van der Waals surface area contributed by atoms with Crippen molar-refractivity contribution in [3.05, 3.63) is 58.0 Å². The van der Waals surface area contributed by atoms with Crippen molar-refractivity contribution in [1.82, 2.24) is 4.90 Å². The van der Waals surface area contributed by atoms with Gasteiger partial charge in [-0.15, -0.1) is 11.3 Å². The Balaban J connectivity index is 1.98. The van der Waals surface area contributed by atoms with E-state index in [9.17, 15) is 9.18 Å². The van der Waals surface area contributed by atoms with Crippen molar-refractivity contribution >= 4 is 17.1 Å². The van der Waals surface area contributed by atoms with E-state index in [-0.39, 0.29) is 11.6 Å². The first kappa shape index (κ1) is 13.9. The second-order valence-electron chi connectivity index (χ2n) is 4.31. The quantitative estimate of drug-likeness (QED) is 0.752. The second kappa shape index (κ2) is 6.59. The number of rotatable bonds is 6. The van der Waals surface area contributed by atoms with Gasteiger partial charge in [-0.05, 0) is 42.3 Å². The number of carbonyl (C=O) groups is 1. The lowest BCUT2D eigenvalue weighted by Gasteiger charge is -2.18. The summed E-state index contributed by atoms with van der Waals surface area (Å²) >= 11 is 1.69. The molecular weight excluding hydrogens is 261 g/mol. The molecule has 0 radical (unpaired) electrons. The average molecular weight is 277 g/mol. The summed E-state index contributed by atoms with van der Waals surface area (Å²) in [5.74, 6) is -0.291. The van der Waals surface area contributed by atoms with Gasteiger partial charge in [-0.1, -0.05) is 13.0 Å². The SMILES string of the molecule is CCN(CC(=O)c1ccc(F)cc1)Cc1cccs1. The van der Waals surface area contributed by atoms with Crippen LogP contribution < -0.4 is 0 Å². The molecule has 0 spiro atoms. The lowest BCUT2D eigenvalue weighted by molar-refractivity contribution is 0.0930. The maximum absolute atomic E-state index is 12.8. The number of halogens is 1. The predicted octanol–water partition coefficient (Wildman–Crippen LogP) is 3.59. The molecule has 0 atom stereocenters. The Morgan fingerprint density at radius 3 is 2.58 bits per heavy atom. The first-order valence-corrected chi connectivity index (χ1v) is 7.10. The van der Waals surface area contributed by atoms with Gasteiger partial charge in [0.05, 0.1) is 6.54 Å². The van der Waals surface area contributed by atoms with Gasteiger partial charge in [-0.2, -0.15) is 0 Å². The summed E-state index contributed by atoms with van der Waals surface area (Å²) in [6, 6.07) is 9.80. The number of nitrogens with zero attached hydrogens (tertiary/aromatic N) is 1. The number of benzene rings is 1. The summed E-state index contributed by atoms with van der Waals surface area (Å²) in [4.78, 5) is 15.4. The van der Waals surface area contributed by atoms with Gasteiger partial charge in [-0.3, -0.25) is 9.69 Å². The number of ketones is 1. The van der Waals surface area contributed by atoms with Crippen LogP contribution in [0.4, 0.5) is 4.39 Å². The number of likely N-dealkylation sites (N-methyl/N-ethyl adjacent to an activating group) is 1. The maximum Gasteiger partial charge on any atom is 0.176 e. The molecule has 0 bridgehead atoms. The zero-order valence-corrected chi connectivity index (χ0v) is 11.6. The fraction of sp³-hybridized carbons (Fsp3) is 0.267. The van der Waals surface area contributed by atoms with Crippen LogP contribution in [0.1, 0.15) is 22.2 Å². The summed E-state index contributed by atoms with van der Waals surface area (Å²) in [5, 5.41) is 2.03. The largest absolute Gasteiger partial charge is 0.293 e. The van der Waals surface area contributed by atoms with Crippen LogP contribution in [0.15, 0.2) is 41.8 Å². The lowest BCUT2D eigenvalue weighted by atomic mass is 10.1. The van der Waals surface area contributed by atoms with E-state index < -0.39 is 0 Å². The molecule has 0 fully saturated rings. The van der Waals surface area contributed by atoms with Gasteiger partial charge in [0.15, 0.2) is 5.78 Å². The van der Waals surface area contributed by atoms with E-state index in [0.717, 1.165) is 13.1 Å². The molecule has 0 N–H and O–H groups in total. The highest BCUT2D eigenvalue weighted by Gasteiger charge is 2.12. The molecular formula is C15H16FNOS. The molecule has 0 unspecified atom stereocenters. The molecule has 0 aliphatic carbocycles. The number of hydrogen-bond acceptors (Lipinski definition) is 3. The van der Waals surface area contributed by atoms with Gasteiger partial charge in [0.25, 0.3) is 0 Å². The maximum atomic E-state index is 12.8. The van der Waals surface area contributed by atoms with Crippen molar-refractivity contribution in [1.29, 1.82) is 0 Å². The molecule has 19 heavy (non-hydrogen) atoms. The van der Waals surface area contributed by atoms with E-state index in [1.54, 1.807) is 11.3 Å². The third-order valence-electron chi connectivity index (χ3n) is 2.94. The number of hydrogen-bond donors (Lipinski definition) is 0. The minimum atomic E-state index is -0.317. The van der Waals surface area contributed by atoms with Crippen LogP contribution in [0.25, 0.3) is 0 Å². The summed E-state index contributed by atoms with van der Waals surface area (Å²) in [6.07, 6.45) is 0. The molecule has 0 aliphatic rings. The van der Waals surface area contributed by atoms with E-state index >= 15 is 0 Å². The van der Waals surface area contributed by atoms with E-state index in [1.807, 2.05) is 18.4 Å². The molecule has 0 saturated carbocycles. The number of Topliss-reactive ketones (excluding diaryl/α,β-unsaturated/α-hetero) is 1. The molecule has 0 aliphatic heterocycles. The molecule has 1 heterocycles. The van der Waals surface area contributed by atoms with Gasteiger partial charge in [0.2, 0.25) is 0 Å². The third-order valence-corrected chi connectivity index (χ3v) is 3.80. The van der Waals surface area contributed by atoms with Gasteiger partial charge >= 0.3 is 0 Å². The zero-order chi connectivity index (χ0) is 13.7. The highest BCUT2D eigenvalue weighted by molar-refractivity contribution is 7.09. The van der Waals surface area contributed by atoms with Crippen LogP contribution in [-0.4, -0.2) is 23.8 Å². The molecule has 2 rings (SSSR count). The predicted molar refractivity (Wildman–Crippen MR) is 76.0 cm³/mol. The van der Waals surface area contributed by atoms with E-state index in [0.29, 0.717) is 12.1 Å². The molecule has 2 aromatic rings. The minimum Gasteiger partial charge on any atom is -0.293 e. The third kappa shape index (κ3) is 3.98. The number of carbonyl (C=O) groups excluding carboxylic acids is 1. The van der Waals surface area contributed by atoms with Crippen LogP contribution in [0, 0.1) is 5.82 Å². The monoisotopic (exact) mass is 277 g/mol. The number of thiophene rings is 1. The Hall–Kier alpha value is -1.52. The van der Waals surface area contributed by atoms with Gasteiger partial charge < -0.3 is 0 Å². The lowest BCUT2D eigenvalue weighted by Crippen LogP contribution is -2.29. The summed E-state index contributed by atoms with van der Waals surface area (Å²) in [7, 11) is 0. The molecule has 4 heteroatoms. The zero-order valence-electron chi connectivity index (χ0n) is 10.8. The Morgan fingerprint density at radius 1 is 1.26 bits per heavy atom. The fourth-order valence-corrected chi connectivity index (χ4v) is 2.58. The highest BCUT2D eigenvalue weighted by atomic mass is 32.1. The van der Waals surface area contributed by atoms with Crippen LogP contribution in [0.3, 0.4) is 0 Å². The van der Waals surface area contributed by atoms with Gasteiger partial charge in [0, 0.05) is 17.0 Å². The highest BCUT2D eigenvalue weighted by Crippen LogP contribution is 2.12. The Kier molecular flexibility index (Phi) is 4.82. The van der Waals surface area contributed by atoms with Crippen molar-refractivity contribution < 1.29 is 9.18 Å². The first-order chi connectivity index (χ1) is 9.19. The van der Waals surface area contributed by atoms with Crippen LogP contribution in [0.2, 0.25) is 0 Å². The van der Waals surface area contributed by atoms with Gasteiger partial charge in [0.1, 0.15) is 5.82 Å². The van der Waals surface area contributed by atoms with E-state index in [1.165, 1.54) is 29.1 Å². The Morgan fingerprint density at radius 2 is 2.00 bits per heavy atom. The molecule has 0 saturated heterocycles.